The molecule has 0 fully saturated rings. The van der Waals surface area contributed by atoms with Gasteiger partial charge in [0.15, 0.2) is 0 Å². The molecule has 0 spiro atoms. The fourth-order valence-corrected chi connectivity index (χ4v) is 11.7. The van der Waals surface area contributed by atoms with Crippen LogP contribution in [-0.2, 0) is 5.41 Å². The van der Waals surface area contributed by atoms with Crippen molar-refractivity contribution in [1.29, 1.82) is 0 Å². The van der Waals surface area contributed by atoms with Crippen molar-refractivity contribution < 1.29 is 0 Å². The SMILES string of the molecule is C=C/C=C\c1c(C)n(-c2ccccc2)c2cccc(-c3ccc4c(c3)c3ccccc3n4-c3cc(-c4ccc5c(c4)C(C)(C)c4ccccc4-5)c4sc5ccccc5c4c3)c12. The number of hydrogen-bond donors (Lipinski definition) is 0. The van der Waals surface area contributed by atoms with Crippen molar-refractivity contribution in [3.05, 3.63) is 211 Å². The zero-order valence-corrected chi connectivity index (χ0v) is 35.2. The van der Waals surface area contributed by atoms with E-state index in [1.165, 1.54) is 114 Å². The van der Waals surface area contributed by atoms with Gasteiger partial charge in [-0.15, -0.1) is 11.3 Å². The predicted octanol–water partition coefficient (Wildman–Crippen LogP) is 16.2. The number of rotatable bonds is 6. The maximum atomic E-state index is 4.00. The average Bonchev–Trinajstić information content (AvgIpc) is 4.00. The lowest BCUT2D eigenvalue weighted by Gasteiger charge is -2.22. The van der Waals surface area contributed by atoms with Gasteiger partial charge in [0.2, 0.25) is 0 Å². The molecule has 3 aromatic heterocycles. The fraction of sp³-hybridized carbons (Fsp3) is 0.0690. The summed E-state index contributed by atoms with van der Waals surface area (Å²) in [5.41, 5.74) is 18.7. The van der Waals surface area contributed by atoms with Crippen molar-refractivity contribution in [1.82, 2.24) is 9.13 Å². The fourth-order valence-electron chi connectivity index (χ4n) is 10.5. The summed E-state index contributed by atoms with van der Waals surface area (Å²) in [4.78, 5) is 0. The quantitative estimate of drug-likeness (QED) is 0.148. The molecular formula is C58H42N2S. The first-order chi connectivity index (χ1) is 29.9. The Bertz CT molecular complexity index is 3640. The van der Waals surface area contributed by atoms with Crippen molar-refractivity contribution in [3.63, 3.8) is 0 Å². The standard InChI is InChI=1S/C58H42N2S/c1-5-6-19-41-36(2)59(39-17-8-7-9-18-39)54-26-16-23-42(56(41)54)37-29-31-53-48(32-37)45-21-11-14-25-52(45)60(53)40-34-47(57-49(35-40)46-22-12-15-27-55(46)61-57)38-28-30-44-43-20-10-13-24-50(43)58(3,4)51(44)33-38/h5-35H,1H2,2-4H3/b19-6-. The average molecular weight is 799 g/mol. The van der Waals surface area contributed by atoms with Crippen LogP contribution < -0.4 is 0 Å². The first-order valence-electron chi connectivity index (χ1n) is 21.1. The summed E-state index contributed by atoms with van der Waals surface area (Å²) in [7, 11) is 0. The van der Waals surface area contributed by atoms with Crippen molar-refractivity contribution in [2.24, 2.45) is 0 Å². The van der Waals surface area contributed by atoms with Crippen LogP contribution in [0.15, 0.2) is 189 Å². The number of benzene rings is 8. The summed E-state index contributed by atoms with van der Waals surface area (Å²) in [6.07, 6.45) is 6.12. The highest BCUT2D eigenvalue weighted by molar-refractivity contribution is 7.26. The lowest BCUT2D eigenvalue weighted by molar-refractivity contribution is 0.660. The van der Waals surface area contributed by atoms with Crippen LogP contribution in [0.3, 0.4) is 0 Å². The second-order valence-corrected chi connectivity index (χ2v) is 18.0. The smallest absolute Gasteiger partial charge is 0.0543 e. The highest BCUT2D eigenvalue weighted by Gasteiger charge is 2.35. The van der Waals surface area contributed by atoms with Gasteiger partial charge in [-0.05, 0) is 107 Å². The number of thiophene rings is 1. The largest absolute Gasteiger partial charge is 0.313 e. The molecule has 3 heterocycles. The first-order valence-corrected chi connectivity index (χ1v) is 21.9. The van der Waals surface area contributed by atoms with E-state index in [1.54, 1.807) is 0 Å². The summed E-state index contributed by atoms with van der Waals surface area (Å²) in [5, 5.41) is 6.31. The van der Waals surface area contributed by atoms with Gasteiger partial charge < -0.3 is 9.13 Å². The predicted molar refractivity (Wildman–Crippen MR) is 263 cm³/mol. The molecule has 0 aliphatic heterocycles. The van der Waals surface area contributed by atoms with E-state index in [0.29, 0.717) is 0 Å². The topological polar surface area (TPSA) is 9.86 Å². The van der Waals surface area contributed by atoms with Gasteiger partial charge in [-0.25, -0.2) is 0 Å². The Balaban J connectivity index is 1.09. The van der Waals surface area contributed by atoms with E-state index in [2.05, 4.69) is 218 Å². The molecule has 8 aromatic carbocycles. The van der Waals surface area contributed by atoms with Gasteiger partial charge in [-0.2, -0.15) is 0 Å². The molecule has 0 saturated heterocycles. The summed E-state index contributed by atoms with van der Waals surface area (Å²) in [6.45, 7) is 11.0. The van der Waals surface area contributed by atoms with E-state index in [1.807, 2.05) is 17.4 Å². The number of hydrogen-bond acceptors (Lipinski definition) is 1. The van der Waals surface area contributed by atoms with Gasteiger partial charge in [0.1, 0.15) is 0 Å². The molecule has 11 aromatic rings. The van der Waals surface area contributed by atoms with E-state index in [9.17, 15) is 0 Å². The third-order valence-corrected chi connectivity index (χ3v) is 14.5. The third-order valence-electron chi connectivity index (χ3n) is 13.3. The number of para-hydroxylation sites is 2. The first kappa shape index (κ1) is 35.7. The molecule has 12 rings (SSSR count). The molecule has 2 nitrogen and oxygen atoms in total. The molecule has 290 valence electrons. The third kappa shape index (κ3) is 5.20. The van der Waals surface area contributed by atoms with Crippen LogP contribution in [0.2, 0.25) is 0 Å². The number of nitrogens with zero attached hydrogens (tertiary/aromatic N) is 2. The summed E-state index contributed by atoms with van der Waals surface area (Å²) in [6, 6.07) is 63.3. The minimum Gasteiger partial charge on any atom is -0.313 e. The Hall–Kier alpha value is -7.20. The van der Waals surface area contributed by atoms with Crippen LogP contribution in [0.4, 0.5) is 0 Å². The summed E-state index contributed by atoms with van der Waals surface area (Å²) < 4.78 is 7.51. The van der Waals surface area contributed by atoms with Crippen molar-refractivity contribution in [2.75, 3.05) is 0 Å². The van der Waals surface area contributed by atoms with Gasteiger partial charge in [-0.1, -0.05) is 148 Å². The van der Waals surface area contributed by atoms with Crippen LogP contribution in [0.25, 0.3) is 104 Å². The Morgan fingerprint density at radius 3 is 2.07 bits per heavy atom. The lowest BCUT2D eigenvalue weighted by atomic mass is 9.81. The molecule has 0 atom stereocenters. The summed E-state index contributed by atoms with van der Waals surface area (Å²) >= 11 is 1.90. The Morgan fingerprint density at radius 1 is 0.508 bits per heavy atom. The minimum atomic E-state index is -0.0841. The second-order valence-electron chi connectivity index (χ2n) is 16.9. The van der Waals surface area contributed by atoms with E-state index < -0.39 is 0 Å². The van der Waals surface area contributed by atoms with Crippen molar-refractivity contribution in [3.8, 4) is 44.8 Å². The van der Waals surface area contributed by atoms with Crippen LogP contribution in [0.1, 0.15) is 36.2 Å². The Kier molecular flexibility index (Phi) is 7.85. The maximum Gasteiger partial charge on any atom is 0.0543 e. The lowest BCUT2D eigenvalue weighted by Crippen LogP contribution is -2.14. The number of allylic oxidation sites excluding steroid dienone is 2. The van der Waals surface area contributed by atoms with Crippen LogP contribution in [-0.4, -0.2) is 9.13 Å². The molecule has 1 aliphatic rings. The molecule has 0 bridgehead atoms. The van der Waals surface area contributed by atoms with Gasteiger partial charge >= 0.3 is 0 Å². The van der Waals surface area contributed by atoms with Crippen molar-refractivity contribution >= 4 is 70.3 Å². The number of fused-ring (bicyclic) bond motifs is 10. The maximum absolute atomic E-state index is 4.00. The monoisotopic (exact) mass is 798 g/mol. The van der Waals surface area contributed by atoms with E-state index >= 15 is 0 Å². The van der Waals surface area contributed by atoms with Gasteiger partial charge in [0.05, 0.1) is 16.6 Å². The molecule has 61 heavy (non-hydrogen) atoms. The van der Waals surface area contributed by atoms with Crippen LogP contribution in [0.5, 0.6) is 0 Å². The zero-order valence-electron chi connectivity index (χ0n) is 34.4. The second kappa shape index (κ2) is 13.4. The zero-order chi connectivity index (χ0) is 41.0. The molecular weight excluding hydrogens is 757 g/mol. The van der Waals surface area contributed by atoms with Gasteiger partial charge in [0, 0.05) is 69.9 Å². The molecule has 1 aliphatic carbocycles. The molecule has 0 unspecified atom stereocenters. The number of aromatic nitrogens is 2. The van der Waals surface area contributed by atoms with Gasteiger partial charge in [0.25, 0.3) is 0 Å². The van der Waals surface area contributed by atoms with Crippen molar-refractivity contribution in [2.45, 2.75) is 26.2 Å². The van der Waals surface area contributed by atoms with E-state index in [4.69, 9.17) is 0 Å². The molecule has 0 radical (unpaired) electrons. The highest BCUT2D eigenvalue weighted by atomic mass is 32.1. The Labute approximate surface area is 359 Å². The minimum absolute atomic E-state index is 0.0841. The van der Waals surface area contributed by atoms with Crippen LogP contribution >= 0.6 is 11.3 Å². The van der Waals surface area contributed by atoms with Crippen LogP contribution in [0, 0.1) is 6.92 Å². The van der Waals surface area contributed by atoms with E-state index in [-0.39, 0.29) is 5.41 Å². The Morgan fingerprint density at radius 2 is 1.20 bits per heavy atom. The van der Waals surface area contributed by atoms with Gasteiger partial charge in [-0.3, -0.25) is 0 Å². The summed E-state index contributed by atoms with van der Waals surface area (Å²) in [5.74, 6) is 0. The molecule has 0 amide bonds. The molecule has 0 saturated carbocycles. The normalized spacial score (nSPS) is 13.3. The van der Waals surface area contributed by atoms with E-state index in [0.717, 1.165) is 5.69 Å². The highest BCUT2D eigenvalue weighted by Crippen LogP contribution is 2.51. The molecule has 0 N–H and O–H groups in total. The molecule has 3 heteroatoms.